The largest absolute Gasteiger partial charge is 0.495 e. The van der Waals surface area contributed by atoms with Crippen molar-refractivity contribution in [3.8, 4) is 5.75 Å². The summed E-state index contributed by atoms with van der Waals surface area (Å²) >= 11 is 0. The highest BCUT2D eigenvalue weighted by molar-refractivity contribution is 5.92. The van der Waals surface area contributed by atoms with Gasteiger partial charge in [0.1, 0.15) is 11.4 Å². The number of piperazine rings is 1. The Morgan fingerprint density at radius 2 is 1.62 bits per heavy atom. The minimum absolute atomic E-state index is 0.0316. The Kier molecular flexibility index (Phi) is 5.83. The fourth-order valence-electron chi connectivity index (χ4n) is 4.10. The first-order valence-electron chi connectivity index (χ1n) is 10.4. The number of amides is 1. The Bertz CT molecular complexity index is 858. The molecule has 154 valence electrons. The smallest absolute Gasteiger partial charge is 0.272 e. The van der Waals surface area contributed by atoms with Gasteiger partial charge in [-0.25, -0.2) is 9.97 Å². The maximum Gasteiger partial charge on any atom is 0.272 e. The van der Waals surface area contributed by atoms with Crippen LogP contribution in [0.1, 0.15) is 35.4 Å². The average molecular weight is 396 g/mol. The van der Waals surface area contributed by atoms with Crippen LogP contribution in [-0.2, 0) is 0 Å². The molecule has 0 unspecified atom stereocenters. The fraction of sp³-hybridized carbons (Fsp3) is 0.500. The number of anilines is 2. The van der Waals surface area contributed by atoms with Crippen LogP contribution in [0.25, 0.3) is 0 Å². The van der Waals surface area contributed by atoms with Crippen molar-refractivity contribution in [2.45, 2.75) is 26.2 Å². The topological polar surface area (TPSA) is 61.8 Å². The van der Waals surface area contributed by atoms with E-state index in [9.17, 15) is 4.79 Å². The maximum atomic E-state index is 12.9. The molecule has 7 heteroatoms. The zero-order valence-electron chi connectivity index (χ0n) is 17.3. The Hall–Kier alpha value is -2.83. The van der Waals surface area contributed by atoms with Crippen molar-refractivity contribution < 1.29 is 9.53 Å². The van der Waals surface area contributed by atoms with Gasteiger partial charge in [0.05, 0.1) is 12.8 Å². The van der Waals surface area contributed by atoms with E-state index in [4.69, 9.17) is 4.74 Å². The molecule has 4 rings (SSSR count). The first-order chi connectivity index (χ1) is 14.2. The van der Waals surface area contributed by atoms with Crippen LogP contribution in [0.5, 0.6) is 5.75 Å². The van der Waals surface area contributed by atoms with E-state index in [0.717, 1.165) is 69.2 Å². The number of aromatic nitrogens is 2. The summed E-state index contributed by atoms with van der Waals surface area (Å²) in [6, 6.07) is 9.91. The van der Waals surface area contributed by atoms with Gasteiger partial charge in [-0.15, -0.1) is 0 Å². The summed E-state index contributed by atoms with van der Waals surface area (Å²) in [5, 5.41) is 0. The van der Waals surface area contributed by atoms with Gasteiger partial charge in [-0.2, -0.15) is 0 Å². The Morgan fingerprint density at radius 3 is 2.34 bits per heavy atom. The number of benzene rings is 1. The van der Waals surface area contributed by atoms with Gasteiger partial charge in [0.15, 0.2) is 0 Å². The molecule has 0 spiro atoms. The van der Waals surface area contributed by atoms with Crippen molar-refractivity contribution in [3.05, 3.63) is 41.7 Å². The van der Waals surface area contributed by atoms with Crippen molar-refractivity contribution in [2.24, 2.45) is 0 Å². The quantitative estimate of drug-likeness (QED) is 0.793. The van der Waals surface area contributed by atoms with Crippen LogP contribution in [0.15, 0.2) is 30.3 Å². The summed E-state index contributed by atoms with van der Waals surface area (Å²) in [6.07, 6.45) is 3.36. The Morgan fingerprint density at radius 1 is 0.931 bits per heavy atom. The van der Waals surface area contributed by atoms with E-state index in [1.54, 1.807) is 7.11 Å². The summed E-state index contributed by atoms with van der Waals surface area (Å²) < 4.78 is 5.50. The number of carbonyl (C=O) groups excluding carboxylic acids is 1. The van der Waals surface area contributed by atoms with Crippen molar-refractivity contribution >= 4 is 17.5 Å². The predicted octanol–water partition coefficient (Wildman–Crippen LogP) is 2.75. The summed E-state index contributed by atoms with van der Waals surface area (Å²) in [6.45, 7) is 6.91. The van der Waals surface area contributed by atoms with Crippen molar-refractivity contribution in [3.63, 3.8) is 0 Å². The zero-order valence-corrected chi connectivity index (χ0v) is 17.3. The molecule has 2 fully saturated rings. The van der Waals surface area contributed by atoms with Crippen LogP contribution >= 0.6 is 0 Å². The number of likely N-dealkylation sites (tertiary alicyclic amines) is 1. The maximum absolute atomic E-state index is 12.9. The number of aryl methyl sites for hydroxylation is 1. The molecule has 0 aliphatic carbocycles. The zero-order chi connectivity index (χ0) is 20.2. The van der Waals surface area contributed by atoms with E-state index in [2.05, 4.69) is 25.8 Å². The SMILES string of the molecule is COc1ccccc1N1CCN(c2nc(C)cc(C(=O)N3CCCCC3)n2)CC1. The molecule has 29 heavy (non-hydrogen) atoms. The van der Waals surface area contributed by atoms with Gasteiger partial charge in [-0.3, -0.25) is 4.79 Å². The summed E-state index contributed by atoms with van der Waals surface area (Å²) in [4.78, 5) is 28.6. The van der Waals surface area contributed by atoms with Crippen LogP contribution in [0, 0.1) is 6.92 Å². The average Bonchev–Trinajstić information content (AvgIpc) is 2.79. The minimum Gasteiger partial charge on any atom is -0.495 e. The number of para-hydroxylation sites is 2. The summed E-state index contributed by atoms with van der Waals surface area (Å²) in [5.41, 5.74) is 2.46. The molecule has 2 aromatic rings. The van der Waals surface area contributed by atoms with Crippen molar-refractivity contribution in [1.82, 2.24) is 14.9 Å². The first kappa shape index (κ1) is 19.5. The molecular weight excluding hydrogens is 366 g/mol. The minimum atomic E-state index is 0.0316. The molecule has 7 nitrogen and oxygen atoms in total. The van der Waals surface area contributed by atoms with Crippen LogP contribution in [0.3, 0.4) is 0 Å². The lowest BCUT2D eigenvalue weighted by molar-refractivity contribution is 0.0718. The number of piperidine rings is 1. The van der Waals surface area contributed by atoms with Gasteiger partial charge in [0, 0.05) is 45.0 Å². The number of rotatable bonds is 4. The molecule has 0 bridgehead atoms. The van der Waals surface area contributed by atoms with E-state index in [-0.39, 0.29) is 5.91 Å². The van der Waals surface area contributed by atoms with E-state index in [1.807, 2.05) is 36.1 Å². The highest BCUT2D eigenvalue weighted by atomic mass is 16.5. The van der Waals surface area contributed by atoms with Gasteiger partial charge in [0.25, 0.3) is 5.91 Å². The lowest BCUT2D eigenvalue weighted by atomic mass is 10.1. The van der Waals surface area contributed by atoms with E-state index >= 15 is 0 Å². The molecule has 1 amide bonds. The van der Waals surface area contributed by atoms with Gasteiger partial charge < -0.3 is 19.4 Å². The number of nitrogens with zero attached hydrogens (tertiary/aromatic N) is 5. The van der Waals surface area contributed by atoms with Gasteiger partial charge in [-0.05, 0) is 44.4 Å². The van der Waals surface area contributed by atoms with Crippen LogP contribution in [-0.4, -0.2) is 67.2 Å². The third-order valence-corrected chi connectivity index (χ3v) is 5.69. The Balaban J connectivity index is 1.47. The normalized spacial score (nSPS) is 17.4. The molecule has 3 heterocycles. The molecule has 0 saturated carbocycles. The fourth-order valence-corrected chi connectivity index (χ4v) is 4.10. The van der Waals surface area contributed by atoms with Crippen LogP contribution in [0.4, 0.5) is 11.6 Å². The third kappa shape index (κ3) is 4.28. The molecule has 2 saturated heterocycles. The number of ether oxygens (including phenoxy) is 1. The number of carbonyl (C=O) groups is 1. The highest BCUT2D eigenvalue weighted by Crippen LogP contribution is 2.29. The first-order valence-corrected chi connectivity index (χ1v) is 10.4. The predicted molar refractivity (Wildman–Crippen MR) is 114 cm³/mol. The van der Waals surface area contributed by atoms with E-state index < -0.39 is 0 Å². The highest BCUT2D eigenvalue weighted by Gasteiger charge is 2.24. The lowest BCUT2D eigenvalue weighted by Crippen LogP contribution is -2.47. The molecule has 1 aromatic heterocycles. The third-order valence-electron chi connectivity index (χ3n) is 5.69. The van der Waals surface area contributed by atoms with Gasteiger partial charge in [-0.1, -0.05) is 12.1 Å². The molecule has 1 aromatic carbocycles. The molecular formula is C22H29N5O2. The number of methoxy groups -OCH3 is 1. The van der Waals surface area contributed by atoms with E-state index in [0.29, 0.717) is 11.6 Å². The summed E-state index contributed by atoms with van der Waals surface area (Å²) in [7, 11) is 1.70. The second-order valence-electron chi connectivity index (χ2n) is 7.69. The summed E-state index contributed by atoms with van der Waals surface area (Å²) in [5.74, 6) is 1.58. The van der Waals surface area contributed by atoms with Gasteiger partial charge >= 0.3 is 0 Å². The number of hydrogen-bond donors (Lipinski definition) is 0. The van der Waals surface area contributed by atoms with Gasteiger partial charge in [0.2, 0.25) is 5.95 Å². The Labute approximate surface area is 172 Å². The van der Waals surface area contributed by atoms with Crippen LogP contribution in [0.2, 0.25) is 0 Å². The van der Waals surface area contributed by atoms with E-state index in [1.165, 1.54) is 6.42 Å². The molecule has 2 aliphatic heterocycles. The monoisotopic (exact) mass is 395 g/mol. The van der Waals surface area contributed by atoms with Crippen molar-refractivity contribution in [2.75, 3.05) is 56.2 Å². The van der Waals surface area contributed by atoms with Crippen molar-refractivity contribution in [1.29, 1.82) is 0 Å². The van der Waals surface area contributed by atoms with Crippen LogP contribution < -0.4 is 14.5 Å². The molecule has 2 aliphatic rings. The standard InChI is InChI=1S/C22H29N5O2/c1-17-16-18(21(28)26-10-6-3-7-11-26)24-22(23-17)27-14-12-25(13-15-27)19-8-4-5-9-20(19)29-2/h4-5,8-9,16H,3,6-7,10-15H2,1-2H3. The number of hydrogen-bond acceptors (Lipinski definition) is 6. The molecule has 0 N–H and O–H groups in total. The molecule has 0 atom stereocenters. The second kappa shape index (κ2) is 8.68. The second-order valence-corrected chi connectivity index (χ2v) is 7.69. The lowest BCUT2D eigenvalue weighted by Gasteiger charge is -2.36. The molecule has 0 radical (unpaired) electrons.